The highest BCUT2D eigenvalue weighted by atomic mass is 32.1. The monoisotopic (exact) mass is 226 g/mol. The summed E-state index contributed by atoms with van der Waals surface area (Å²) in [6.07, 6.45) is 0.647. The van der Waals surface area contributed by atoms with Gasteiger partial charge in [0.2, 0.25) is 5.91 Å². The summed E-state index contributed by atoms with van der Waals surface area (Å²) in [5.41, 5.74) is 5.75. The van der Waals surface area contributed by atoms with Gasteiger partial charge in [0, 0.05) is 29.9 Å². The predicted molar refractivity (Wildman–Crippen MR) is 58.7 cm³/mol. The molecule has 2 rings (SSSR count). The fourth-order valence-corrected chi connectivity index (χ4v) is 2.68. The molecule has 0 spiro atoms. The molecular weight excluding hydrogens is 212 g/mol. The number of aliphatic hydroxyl groups excluding tert-OH is 1. The quantitative estimate of drug-likeness (QED) is 0.784. The van der Waals surface area contributed by atoms with Crippen molar-refractivity contribution in [2.24, 2.45) is 5.73 Å². The van der Waals surface area contributed by atoms with Crippen molar-refractivity contribution in [2.75, 3.05) is 13.1 Å². The van der Waals surface area contributed by atoms with E-state index in [-0.39, 0.29) is 12.0 Å². The van der Waals surface area contributed by atoms with Gasteiger partial charge < -0.3 is 10.8 Å². The van der Waals surface area contributed by atoms with Crippen LogP contribution < -0.4 is 5.73 Å². The second-order valence-electron chi connectivity index (χ2n) is 3.84. The van der Waals surface area contributed by atoms with Gasteiger partial charge in [-0.05, 0) is 12.5 Å². The summed E-state index contributed by atoms with van der Waals surface area (Å²) in [5, 5.41) is 11.1. The van der Waals surface area contributed by atoms with E-state index in [2.05, 4.69) is 4.90 Å². The fourth-order valence-electron chi connectivity index (χ4n) is 1.77. The van der Waals surface area contributed by atoms with Crippen molar-refractivity contribution in [3.63, 3.8) is 0 Å². The molecule has 0 bridgehead atoms. The minimum Gasteiger partial charge on any atom is -0.392 e. The van der Waals surface area contributed by atoms with Crippen molar-refractivity contribution in [3.05, 3.63) is 21.9 Å². The Labute approximate surface area is 92.3 Å². The van der Waals surface area contributed by atoms with Crippen LogP contribution in [-0.4, -0.2) is 35.1 Å². The van der Waals surface area contributed by atoms with E-state index < -0.39 is 0 Å². The SMILES string of the molecule is NC(=O)c1csc(CN2CC[C@H](O)C2)c1. The molecule has 1 aliphatic rings. The molecule has 1 amide bonds. The molecule has 0 saturated carbocycles. The molecule has 1 aromatic heterocycles. The number of β-amino-alcohol motifs (C(OH)–C–C–N with tert-alkyl or cyclic N) is 1. The molecule has 4 nitrogen and oxygen atoms in total. The normalized spacial score (nSPS) is 22.1. The zero-order chi connectivity index (χ0) is 10.8. The highest BCUT2D eigenvalue weighted by molar-refractivity contribution is 7.10. The van der Waals surface area contributed by atoms with Crippen molar-refractivity contribution >= 4 is 17.2 Å². The van der Waals surface area contributed by atoms with Gasteiger partial charge in [-0.25, -0.2) is 0 Å². The van der Waals surface area contributed by atoms with Crippen LogP contribution in [0.3, 0.4) is 0 Å². The molecular formula is C10H14N2O2S. The Morgan fingerprint density at radius 2 is 2.53 bits per heavy atom. The van der Waals surface area contributed by atoms with E-state index in [9.17, 15) is 9.90 Å². The molecule has 1 aliphatic heterocycles. The minimum atomic E-state index is -0.376. The van der Waals surface area contributed by atoms with Gasteiger partial charge in [-0.15, -0.1) is 11.3 Å². The standard InChI is InChI=1S/C10H14N2O2S/c11-10(14)7-3-9(15-6-7)5-12-2-1-8(13)4-12/h3,6,8,13H,1-2,4-5H2,(H2,11,14)/t8-/m0/s1. The van der Waals surface area contributed by atoms with E-state index in [1.807, 2.05) is 6.07 Å². The van der Waals surface area contributed by atoms with Gasteiger partial charge in [-0.1, -0.05) is 0 Å². The number of amides is 1. The molecule has 2 heterocycles. The number of nitrogens with two attached hydrogens (primary N) is 1. The predicted octanol–water partition coefficient (Wildman–Crippen LogP) is 0.414. The highest BCUT2D eigenvalue weighted by Crippen LogP contribution is 2.19. The largest absolute Gasteiger partial charge is 0.392 e. The highest BCUT2D eigenvalue weighted by Gasteiger charge is 2.20. The van der Waals surface area contributed by atoms with E-state index in [1.54, 1.807) is 16.7 Å². The molecule has 1 saturated heterocycles. The van der Waals surface area contributed by atoms with Crippen LogP contribution >= 0.6 is 11.3 Å². The van der Waals surface area contributed by atoms with Gasteiger partial charge in [0.15, 0.2) is 0 Å². The summed E-state index contributed by atoms with van der Waals surface area (Å²) in [7, 11) is 0. The van der Waals surface area contributed by atoms with Crippen LogP contribution in [0.25, 0.3) is 0 Å². The van der Waals surface area contributed by atoms with Gasteiger partial charge in [0.05, 0.1) is 11.7 Å². The van der Waals surface area contributed by atoms with Gasteiger partial charge in [0.1, 0.15) is 0 Å². The second kappa shape index (κ2) is 4.30. The lowest BCUT2D eigenvalue weighted by Gasteiger charge is -2.12. The third kappa shape index (κ3) is 2.56. The maximum Gasteiger partial charge on any atom is 0.249 e. The first-order chi connectivity index (χ1) is 7.15. The van der Waals surface area contributed by atoms with Crippen LogP contribution in [0.15, 0.2) is 11.4 Å². The first kappa shape index (κ1) is 10.6. The zero-order valence-electron chi connectivity index (χ0n) is 8.35. The van der Waals surface area contributed by atoms with Gasteiger partial charge in [-0.2, -0.15) is 0 Å². The Morgan fingerprint density at radius 1 is 1.73 bits per heavy atom. The molecule has 82 valence electrons. The summed E-state index contributed by atoms with van der Waals surface area (Å²) >= 11 is 1.54. The summed E-state index contributed by atoms with van der Waals surface area (Å²) in [5.74, 6) is -0.376. The Hall–Kier alpha value is -0.910. The van der Waals surface area contributed by atoms with Gasteiger partial charge in [-0.3, -0.25) is 9.69 Å². The maximum atomic E-state index is 10.9. The molecule has 15 heavy (non-hydrogen) atoms. The van der Waals surface area contributed by atoms with Crippen molar-refractivity contribution in [1.29, 1.82) is 0 Å². The maximum absolute atomic E-state index is 10.9. The topological polar surface area (TPSA) is 66.6 Å². The number of hydrogen-bond donors (Lipinski definition) is 2. The van der Waals surface area contributed by atoms with Gasteiger partial charge >= 0.3 is 0 Å². The summed E-state index contributed by atoms with van der Waals surface area (Å²) in [6, 6.07) is 1.83. The number of hydrogen-bond acceptors (Lipinski definition) is 4. The molecule has 5 heteroatoms. The molecule has 0 aliphatic carbocycles. The molecule has 1 aromatic rings. The Balaban J connectivity index is 1.96. The fraction of sp³-hybridized carbons (Fsp3) is 0.500. The van der Waals surface area contributed by atoms with Crippen molar-refractivity contribution in [2.45, 2.75) is 19.1 Å². The number of rotatable bonds is 3. The Morgan fingerprint density at radius 3 is 3.07 bits per heavy atom. The van der Waals surface area contributed by atoms with E-state index in [0.29, 0.717) is 5.56 Å². The van der Waals surface area contributed by atoms with Crippen LogP contribution in [0.2, 0.25) is 0 Å². The number of thiophene rings is 1. The van der Waals surface area contributed by atoms with E-state index in [0.717, 1.165) is 30.9 Å². The zero-order valence-corrected chi connectivity index (χ0v) is 9.17. The summed E-state index contributed by atoms with van der Waals surface area (Å²) in [4.78, 5) is 14.2. The minimum absolute atomic E-state index is 0.194. The van der Waals surface area contributed by atoms with E-state index in [4.69, 9.17) is 5.73 Å². The third-order valence-corrected chi connectivity index (χ3v) is 3.49. The average molecular weight is 226 g/mol. The lowest BCUT2D eigenvalue weighted by molar-refractivity contribution is 0.100. The Bertz CT molecular complexity index is 364. The van der Waals surface area contributed by atoms with Crippen LogP contribution in [0.4, 0.5) is 0 Å². The van der Waals surface area contributed by atoms with Crippen molar-refractivity contribution in [3.8, 4) is 0 Å². The average Bonchev–Trinajstić information content (AvgIpc) is 2.76. The van der Waals surface area contributed by atoms with Crippen molar-refractivity contribution < 1.29 is 9.90 Å². The number of aliphatic hydroxyl groups is 1. The Kier molecular flexibility index (Phi) is 3.04. The molecule has 0 radical (unpaired) electrons. The second-order valence-corrected chi connectivity index (χ2v) is 4.84. The molecule has 0 aromatic carbocycles. The molecule has 1 fully saturated rings. The summed E-state index contributed by atoms with van der Waals surface area (Å²) in [6.45, 7) is 2.45. The smallest absolute Gasteiger partial charge is 0.249 e. The first-order valence-electron chi connectivity index (χ1n) is 4.93. The number of carbonyl (C=O) groups is 1. The van der Waals surface area contributed by atoms with Crippen LogP contribution in [0.1, 0.15) is 21.7 Å². The van der Waals surface area contributed by atoms with E-state index >= 15 is 0 Å². The molecule has 3 N–H and O–H groups in total. The van der Waals surface area contributed by atoms with Crippen LogP contribution in [-0.2, 0) is 6.54 Å². The van der Waals surface area contributed by atoms with Gasteiger partial charge in [0.25, 0.3) is 0 Å². The lowest BCUT2D eigenvalue weighted by atomic mass is 10.3. The lowest BCUT2D eigenvalue weighted by Crippen LogP contribution is -2.20. The third-order valence-electron chi connectivity index (χ3n) is 2.57. The first-order valence-corrected chi connectivity index (χ1v) is 5.81. The molecule has 0 unspecified atom stereocenters. The number of likely N-dealkylation sites (tertiary alicyclic amines) is 1. The van der Waals surface area contributed by atoms with Crippen LogP contribution in [0.5, 0.6) is 0 Å². The summed E-state index contributed by atoms with van der Waals surface area (Å²) < 4.78 is 0. The van der Waals surface area contributed by atoms with E-state index in [1.165, 1.54) is 0 Å². The molecule has 1 atom stereocenters. The number of primary amides is 1. The number of nitrogens with zero attached hydrogens (tertiary/aromatic N) is 1. The van der Waals surface area contributed by atoms with Crippen molar-refractivity contribution in [1.82, 2.24) is 4.90 Å². The number of carbonyl (C=O) groups excluding carboxylic acids is 1. The van der Waals surface area contributed by atoms with Crippen LogP contribution in [0, 0.1) is 0 Å².